The molecule has 2 aliphatic rings. The van der Waals surface area contributed by atoms with Gasteiger partial charge in [-0.1, -0.05) is 6.58 Å². The van der Waals surface area contributed by atoms with E-state index in [0.29, 0.717) is 24.5 Å². The molecule has 2 rings (SSSR count). The summed E-state index contributed by atoms with van der Waals surface area (Å²) in [6.45, 7) is 4.82. The van der Waals surface area contributed by atoms with Crippen LogP contribution in [0.1, 0.15) is 0 Å². The fraction of sp³-hybridized carbons (Fsp3) is 0.375. The van der Waals surface area contributed by atoms with E-state index in [1.807, 2.05) is 6.08 Å². The SMILES string of the molecule is C=C1CNC(C2=CCN=N2)C(=O)N1. The molecule has 2 aliphatic heterocycles. The molecule has 0 radical (unpaired) electrons. The van der Waals surface area contributed by atoms with Gasteiger partial charge in [0.1, 0.15) is 6.04 Å². The van der Waals surface area contributed by atoms with Crippen molar-refractivity contribution in [1.29, 1.82) is 0 Å². The predicted molar refractivity (Wildman–Crippen MR) is 46.9 cm³/mol. The summed E-state index contributed by atoms with van der Waals surface area (Å²) in [6, 6.07) is -0.364. The van der Waals surface area contributed by atoms with Gasteiger partial charge in [0, 0.05) is 12.2 Å². The minimum absolute atomic E-state index is 0.108. The first-order valence-electron chi connectivity index (χ1n) is 4.07. The molecule has 0 aliphatic carbocycles. The summed E-state index contributed by atoms with van der Waals surface area (Å²) >= 11 is 0. The molecular formula is C8H10N4O. The second-order valence-corrected chi connectivity index (χ2v) is 2.96. The van der Waals surface area contributed by atoms with Crippen LogP contribution in [0.5, 0.6) is 0 Å². The van der Waals surface area contributed by atoms with Crippen molar-refractivity contribution >= 4 is 5.91 Å². The zero-order valence-electron chi connectivity index (χ0n) is 7.08. The van der Waals surface area contributed by atoms with E-state index in [4.69, 9.17) is 0 Å². The molecule has 1 atom stereocenters. The minimum atomic E-state index is -0.364. The van der Waals surface area contributed by atoms with Crippen molar-refractivity contribution in [2.24, 2.45) is 10.2 Å². The summed E-state index contributed by atoms with van der Waals surface area (Å²) in [5, 5.41) is 13.3. The highest BCUT2D eigenvalue weighted by molar-refractivity contribution is 5.87. The molecule has 1 fully saturated rings. The van der Waals surface area contributed by atoms with Crippen molar-refractivity contribution in [3.8, 4) is 0 Å². The Bertz CT molecular complexity index is 318. The molecular weight excluding hydrogens is 168 g/mol. The molecule has 0 aromatic rings. The molecule has 0 saturated carbocycles. The van der Waals surface area contributed by atoms with Crippen LogP contribution in [0.25, 0.3) is 0 Å². The van der Waals surface area contributed by atoms with Crippen LogP contribution in [0.2, 0.25) is 0 Å². The summed E-state index contributed by atoms with van der Waals surface area (Å²) < 4.78 is 0. The lowest BCUT2D eigenvalue weighted by molar-refractivity contribution is -0.122. The van der Waals surface area contributed by atoms with Crippen LogP contribution in [0.4, 0.5) is 0 Å². The number of nitrogens with one attached hydrogen (secondary N) is 2. The Morgan fingerprint density at radius 3 is 3.08 bits per heavy atom. The maximum absolute atomic E-state index is 11.4. The van der Waals surface area contributed by atoms with Crippen LogP contribution >= 0.6 is 0 Å². The average molecular weight is 178 g/mol. The van der Waals surface area contributed by atoms with Crippen LogP contribution in [0.3, 0.4) is 0 Å². The minimum Gasteiger partial charge on any atom is -0.327 e. The number of azo groups is 1. The zero-order valence-corrected chi connectivity index (χ0v) is 7.08. The van der Waals surface area contributed by atoms with Crippen molar-refractivity contribution in [3.63, 3.8) is 0 Å². The lowest BCUT2D eigenvalue weighted by Crippen LogP contribution is -2.51. The Labute approximate surface area is 75.6 Å². The first-order valence-corrected chi connectivity index (χ1v) is 4.07. The second kappa shape index (κ2) is 3.10. The Morgan fingerprint density at radius 2 is 2.46 bits per heavy atom. The molecule has 1 amide bonds. The van der Waals surface area contributed by atoms with Gasteiger partial charge in [-0.05, 0) is 6.08 Å². The van der Waals surface area contributed by atoms with Crippen LogP contribution in [0, 0.1) is 0 Å². The number of hydrogen-bond donors (Lipinski definition) is 2. The number of amides is 1. The van der Waals surface area contributed by atoms with E-state index in [0.717, 1.165) is 0 Å². The van der Waals surface area contributed by atoms with Crippen LogP contribution in [0.15, 0.2) is 34.3 Å². The highest BCUT2D eigenvalue weighted by Gasteiger charge is 2.27. The fourth-order valence-corrected chi connectivity index (χ4v) is 1.32. The average Bonchev–Trinajstić information content (AvgIpc) is 2.56. The monoisotopic (exact) mass is 178 g/mol. The highest BCUT2D eigenvalue weighted by Crippen LogP contribution is 2.13. The highest BCUT2D eigenvalue weighted by atomic mass is 16.2. The molecule has 0 bridgehead atoms. The van der Waals surface area contributed by atoms with Crippen LogP contribution < -0.4 is 10.6 Å². The van der Waals surface area contributed by atoms with Gasteiger partial charge < -0.3 is 5.32 Å². The van der Waals surface area contributed by atoms with E-state index in [1.54, 1.807) is 0 Å². The molecule has 1 saturated heterocycles. The van der Waals surface area contributed by atoms with Gasteiger partial charge in [-0.25, -0.2) is 0 Å². The molecule has 1 unspecified atom stereocenters. The summed E-state index contributed by atoms with van der Waals surface area (Å²) in [7, 11) is 0. The second-order valence-electron chi connectivity index (χ2n) is 2.96. The standard InChI is InChI=1S/C8H10N4O/c1-5-4-9-7(8(13)11-5)6-2-3-10-12-6/h2,7,9H,1,3-4H2,(H,11,13). The first kappa shape index (κ1) is 8.12. The number of hydrogen-bond acceptors (Lipinski definition) is 4. The third kappa shape index (κ3) is 1.50. The van der Waals surface area contributed by atoms with Gasteiger partial charge in [0.25, 0.3) is 0 Å². The normalized spacial score (nSPS) is 27.4. The van der Waals surface area contributed by atoms with Crippen LogP contribution in [-0.2, 0) is 4.79 Å². The quantitative estimate of drug-likeness (QED) is 0.590. The lowest BCUT2D eigenvalue weighted by Gasteiger charge is -2.24. The smallest absolute Gasteiger partial charge is 0.247 e. The van der Waals surface area contributed by atoms with Crippen molar-refractivity contribution in [2.45, 2.75) is 6.04 Å². The van der Waals surface area contributed by atoms with E-state index in [9.17, 15) is 4.79 Å². The summed E-state index contributed by atoms with van der Waals surface area (Å²) in [4.78, 5) is 11.4. The molecule has 5 nitrogen and oxygen atoms in total. The van der Waals surface area contributed by atoms with Crippen molar-refractivity contribution in [1.82, 2.24) is 10.6 Å². The van der Waals surface area contributed by atoms with Gasteiger partial charge >= 0.3 is 0 Å². The Morgan fingerprint density at radius 1 is 1.62 bits per heavy atom. The third-order valence-corrected chi connectivity index (χ3v) is 1.95. The van der Waals surface area contributed by atoms with Crippen LogP contribution in [-0.4, -0.2) is 25.0 Å². The molecule has 68 valence electrons. The summed E-state index contributed by atoms with van der Waals surface area (Å²) in [5.41, 5.74) is 1.39. The topological polar surface area (TPSA) is 65.8 Å². The summed E-state index contributed by atoms with van der Waals surface area (Å²) in [6.07, 6.45) is 1.84. The van der Waals surface area contributed by atoms with Crippen molar-refractivity contribution in [2.75, 3.05) is 13.1 Å². The first-order chi connectivity index (χ1) is 6.27. The van der Waals surface area contributed by atoms with E-state index < -0.39 is 0 Å². The predicted octanol–water partition coefficient (Wildman–Crippen LogP) is -0.0622. The Hall–Kier alpha value is -1.49. The maximum atomic E-state index is 11.4. The van der Waals surface area contributed by atoms with Gasteiger partial charge in [-0.2, -0.15) is 10.2 Å². The van der Waals surface area contributed by atoms with Gasteiger partial charge in [0.05, 0.1) is 12.2 Å². The lowest BCUT2D eigenvalue weighted by atomic mass is 10.1. The molecule has 0 spiro atoms. The number of rotatable bonds is 1. The van der Waals surface area contributed by atoms with Gasteiger partial charge in [0.2, 0.25) is 5.91 Å². The fourth-order valence-electron chi connectivity index (χ4n) is 1.32. The van der Waals surface area contributed by atoms with E-state index in [-0.39, 0.29) is 11.9 Å². The van der Waals surface area contributed by atoms with E-state index >= 15 is 0 Å². The molecule has 0 aromatic heterocycles. The molecule has 5 heteroatoms. The van der Waals surface area contributed by atoms with Crippen molar-refractivity contribution in [3.05, 3.63) is 24.0 Å². The van der Waals surface area contributed by atoms with Gasteiger partial charge in [-0.3, -0.25) is 10.1 Å². The molecule has 2 heterocycles. The summed E-state index contributed by atoms with van der Waals surface area (Å²) in [5.74, 6) is -0.108. The Kier molecular flexibility index (Phi) is 1.94. The number of piperazine rings is 1. The molecule has 2 N–H and O–H groups in total. The number of nitrogens with zero attached hydrogens (tertiary/aromatic N) is 2. The van der Waals surface area contributed by atoms with E-state index in [1.165, 1.54) is 0 Å². The van der Waals surface area contributed by atoms with Crippen molar-refractivity contribution < 1.29 is 4.79 Å². The Balaban J connectivity index is 2.12. The van der Waals surface area contributed by atoms with E-state index in [2.05, 4.69) is 27.4 Å². The largest absolute Gasteiger partial charge is 0.327 e. The van der Waals surface area contributed by atoms with Gasteiger partial charge in [-0.15, -0.1) is 0 Å². The molecule has 0 aromatic carbocycles. The maximum Gasteiger partial charge on any atom is 0.247 e. The third-order valence-electron chi connectivity index (χ3n) is 1.95. The number of carbonyl (C=O) groups is 1. The zero-order chi connectivity index (χ0) is 9.26. The number of carbonyl (C=O) groups excluding carboxylic acids is 1. The molecule has 13 heavy (non-hydrogen) atoms. The van der Waals surface area contributed by atoms with Gasteiger partial charge in [0.15, 0.2) is 0 Å².